The van der Waals surface area contributed by atoms with Gasteiger partial charge in [0.15, 0.2) is 5.96 Å². The van der Waals surface area contributed by atoms with Crippen LogP contribution in [0, 0.1) is 6.92 Å². The highest BCUT2D eigenvalue weighted by molar-refractivity contribution is 5.93. The van der Waals surface area contributed by atoms with E-state index in [4.69, 9.17) is 9.73 Å². The van der Waals surface area contributed by atoms with Crippen molar-refractivity contribution in [3.8, 4) is 0 Å². The van der Waals surface area contributed by atoms with E-state index in [2.05, 4.69) is 41.8 Å². The first kappa shape index (κ1) is 20.5. The molecule has 6 nitrogen and oxygen atoms in total. The van der Waals surface area contributed by atoms with Gasteiger partial charge < -0.3 is 15.4 Å². The van der Waals surface area contributed by atoms with Gasteiger partial charge in [-0.3, -0.25) is 4.90 Å². The second-order valence-corrected chi connectivity index (χ2v) is 7.43. The Balaban J connectivity index is 1.44. The molecule has 0 spiro atoms. The lowest BCUT2D eigenvalue weighted by molar-refractivity contribution is 0.181. The van der Waals surface area contributed by atoms with Crippen LogP contribution in [-0.2, 0) is 17.8 Å². The summed E-state index contributed by atoms with van der Waals surface area (Å²) in [4.78, 5) is 18.1. The Kier molecular flexibility index (Phi) is 6.47. The number of benzene rings is 3. The molecule has 1 heterocycles. The van der Waals surface area contributed by atoms with Gasteiger partial charge in [-0.2, -0.15) is 0 Å². The van der Waals surface area contributed by atoms with E-state index in [1.165, 1.54) is 11.1 Å². The third-order valence-corrected chi connectivity index (χ3v) is 5.05. The van der Waals surface area contributed by atoms with Crippen molar-refractivity contribution < 1.29 is 9.53 Å². The Morgan fingerprint density at radius 1 is 0.968 bits per heavy atom. The number of amides is 1. The first-order valence-electron chi connectivity index (χ1n) is 10.4. The maximum absolute atomic E-state index is 11.7. The van der Waals surface area contributed by atoms with Crippen LogP contribution in [0.25, 0.3) is 0 Å². The van der Waals surface area contributed by atoms with Crippen LogP contribution < -0.4 is 15.5 Å². The zero-order valence-corrected chi connectivity index (χ0v) is 17.5. The Morgan fingerprint density at radius 2 is 1.68 bits per heavy atom. The van der Waals surface area contributed by atoms with E-state index in [0.717, 1.165) is 16.9 Å². The van der Waals surface area contributed by atoms with Gasteiger partial charge in [-0.1, -0.05) is 60.2 Å². The Morgan fingerprint density at radius 3 is 2.35 bits per heavy atom. The van der Waals surface area contributed by atoms with Crippen molar-refractivity contribution in [1.82, 2.24) is 5.32 Å². The van der Waals surface area contributed by atoms with E-state index < -0.39 is 0 Å². The molecule has 0 unspecified atom stereocenters. The topological polar surface area (TPSA) is 66.0 Å². The average molecular weight is 415 g/mol. The normalized spacial score (nSPS) is 13.8. The minimum Gasteiger partial charge on any atom is -0.447 e. The first-order chi connectivity index (χ1) is 15.2. The SMILES string of the molecule is Cc1ccc(CNC(=NCc2ccc(N3CCOC3=O)cc2)Nc2ccccc2)cc1. The summed E-state index contributed by atoms with van der Waals surface area (Å²) >= 11 is 0. The van der Waals surface area contributed by atoms with Gasteiger partial charge >= 0.3 is 6.09 Å². The average Bonchev–Trinajstić information content (AvgIpc) is 3.23. The monoisotopic (exact) mass is 414 g/mol. The molecular weight excluding hydrogens is 388 g/mol. The standard InChI is InChI=1S/C25H26N4O2/c1-19-7-9-20(10-8-19)17-26-24(28-22-5-3-2-4-6-22)27-18-21-11-13-23(14-12-21)29-15-16-31-25(29)30/h2-14H,15-18H2,1H3,(H2,26,27,28). The Labute approximate surface area is 182 Å². The summed E-state index contributed by atoms with van der Waals surface area (Å²) in [6, 6.07) is 26.3. The lowest BCUT2D eigenvalue weighted by atomic mass is 10.1. The fraction of sp³-hybridized carbons (Fsp3) is 0.200. The van der Waals surface area contributed by atoms with Crippen LogP contribution in [0.15, 0.2) is 83.9 Å². The number of aliphatic imine (C=N–C) groups is 1. The Bertz CT molecular complexity index is 1030. The van der Waals surface area contributed by atoms with Crippen molar-refractivity contribution in [1.29, 1.82) is 0 Å². The maximum Gasteiger partial charge on any atom is 0.414 e. The van der Waals surface area contributed by atoms with E-state index in [1.807, 2.05) is 54.6 Å². The summed E-state index contributed by atoms with van der Waals surface area (Å²) in [7, 11) is 0. The maximum atomic E-state index is 11.7. The van der Waals surface area contributed by atoms with Crippen molar-refractivity contribution in [3.63, 3.8) is 0 Å². The molecule has 4 rings (SSSR count). The van der Waals surface area contributed by atoms with Gasteiger partial charge in [0, 0.05) is 17.9 Å². The predicted molar refractivity (Wildman–Crippen MR) is 124 cm³/mol. The van der Waals surface area contributed by atoms with E-state index in [9.17, 15) is 4.79 Å². The van der Waals surface area contributed by atoms with E-state index in [1.54, 1.807) is 4.90 Å². The van der Waals surface area contributed by atoms with Crippen molar-refractivity contribution >= 4 is 23.4 Å². The highest BCUT2D eigenvalue weighted by atomic mass is 16.6. The van der Waals surface area contributed by atoms with Crippen LogP contribution in [-0.4, -0.2) is 25.2 Å². The van der Waals surface area contributed by atoms with E-state index in [-0.39, 0.29) is 6.09 Å². The smallest absolute Gasteiger partial charge is 0.414 e. The summed E-state index contributed by atoms with van der Waals surface area (Å²) in [5.74, 6) is 0.707. The number of cyclic esters (lactones) is 1. The predicted octanol–water partition coefficient (Wildman–Crippen LogP) is 4.71. The number of rotatable bonds is 6. The molecule has 6 heteroatoms. The van der Waals surface area contributed by atoms with Gasteiger partial charge in [-0.25, -0.2) is 9.79 Å². The van der Waals surface area contributed by atoms with Gasteiger partial charge in [0.1, 0.15) is 6.61 Å². The van der Waals surface area contributed by atoms with Crippen LogP contribution in [0.1, 0.15) is 16.7 Å². The third-order valence-electron chi connectivity index (χ3n) is 5.05. The number of para-hydroxylation sites is 1. The minimum absolute atomic E-state index is 0.291. The van der Waals surface area contributed by atoms with Crippen LogP contribution in [0.3, 0.4) is 0 Å². The lowest BCUT2D eigenvalue weighted by Crippen LogP contribution is -2.30. The molecule has 1 aliphatic rings. The number of guanidine groups is 1. The minimum atomic E-state index is -0.291. The number of ether oxygens (including phenoxy) is 1. The fourth-order valence-electron chi connectivity index (χ4n) is 3.27. The van der Waals surface area contributed by atoms with Crippen LogP contribution in [0.5, 0.6) is 0 Å². The molecule has 0 radical (unpaired) electrons. The second kappa shape index (κ2) is 9.80. The van der Waals surface area contributed by atoms with Crippen LogP contribution in [0.4, 0.5) is 16.2 Å². The van der Waals surface area contributed by atoms with Gasteiger partial charge in [0.25, 0.3) is 0 Å². The molecule has 2 N–H and O–H groups in total. The number of anilines is 2. The Hall–Kier alpha value is -3.80. The number of aryl methyl sites for hydroxylation is 1. The first-order valence-corrected chi connectivity index (χ1v) is 10.4. The van der Waals surface area contributed by atoms with Crippen molar-refractivity contribution in [2.45, 2.75) is 20.0 Å². The van der Waals surface area contributed by atoms with Crippen LogP contribution >= 0.6 is 0 Å². The molecule has 1 amide bonds. The molecule has 158 valence electrons. The summed E-state index contributed by atoms with van der Waals surface area (Å²) in [6.07, 6.45) is -0.291. The molecule has 31 heavy (non-hydrogen) atoms. The largest absolute Gasteiger partial charge is 0.447 e. The molecule has 1 aliphatic heterocycles. The summed E-state index contributed by atoms with van der Waals surface area (Å²) in [5.41, 5.74) is 5.30. The van der Waals surface area contributed by atoms with Gasteiger partial charge in [-0.15, -0.1) is 0 Å². The summed E-state index contributed by atoms with van der Waals surface area (Å²) in [5, 5.41) is 6.77. The fourth-order valence-corrected chi connectivity index (χ4v) is 3.27. The van der Waals surface area contributed by atoms with Crippen molar-refractivity contribution in [2.24, 2.45) is 4.99 Å². The molecule has 3 aromatic rings. The number of nitrogens with zero attached hydrogens (tertiary/aromatic N) is 2. The molecule has 0 atom stereocenters. The van der Waals surface area contributed by atoms with Gasteiger partial charge in [-0.05, 0) is 42.3 Å². The molecule has 0 bridgehead atoms. The number of hydrogen-bond acceptors (Lipinski definition) is 3. The number of hydrogen-bond donors (Lipinski definition) is 2. The second-order valence-electron chi connectivity index (χ2n) is 7.43. The van der Waals surface area contributed by atoms with Crippen molar-refractivity contribution in [3.05, 3.63) is 95.6 Å². The molecular formula is C25H26N4O2. The van der Waals surface area contributed by atoms with E-state index in [0.29, 0.717) is 32.2 Å². The molecule has 0 saturated carbocycles. The number of carbonyl (C=O) groups excluding carboxylic acids is 1. The number of carbonyl (C=O) groups is 1. The summed E-state index contributed by atoms with van der Waals surface area (Å²) in [6.45, 7) is 4.30. The zero-order chi connectivity index (χ0) is 21.5. The highest BCUT2D eigenvalue weighted by Crippen LogP contribution is 2.19. The molecule has 1 saturated heterocycles. The van der Waals surface area contributed by atoms with Gasteiger partial charge in [0.05, 0.1) is 13.1 Å². The van der Waals surface area contributed by atoms with E-state index >= 15 is 0 Å². The lowest BCUT2D eigenvalue weighted by Gasteiger charge is -2.14. The number of nitrogens with one attached hydrogen (secondary N) is 2. The zero-order valence-electron chi connectivity index (χ0n) is 17.5. The molecule has 0 aliphatic carbocycles. The third kappa shape index (κ3) is 5.63. The van der Waals surface area contributed by atoms with Gasteiger partial charge in [0.2, 0.25) is 0 Å². The molecule has 0 aromatic heterocycles. The summed E-state index contributed by atoms with van der Waals surface area (Å²) < 4.78 is 5.00. The molecule has 1 fully saturated rings. The quantitative estimate of drug-likeness (QED) is 0.453. The van der Waals surface area contributed by atoms with Crippen LogP contribution in [0.2, 0.25) is 0 Å². The highest BCUT2D eigenvalue weighted by Gasteiger charge is 2.23. The van der Waals surface area contributed by atoms with Crippen molar-refractivity contribution in [2.75, 3.05) is 23.4 Å². The molecule has 3 aromatic carbocycles.